The van der Waals surface area contributed by atoms with Crippen molar-refractivity contribution in [3.8, 4) is 0 Å². The van der Waals surface area contributed by atoms with Crippen LogP contribution >= 0.6 is 0 Å². The largest absolute Gasteiger partial charge is 0.274 e. The highest BCUT2D eigenvalue weighted by atomic mass is 16.1. The van der Waals surface area contributed by atoms with E-state index in [9.17, 15) is 4.79 Å². The molecule has 0 spiro atoms. The Kier molecular flexibility index (Phi) is 1.30. The number of imidazole rings is 1. The number of fused-ring (bicyclic) bond motifs is 1. The Morgan fingerprint density at radius 1 is 1.50 bits per heavy atom. The maximum atomic E-state index is 11.1. The van der Waals surface area contributed by atoms with E-state index in [-0.39, 0.29) is 5.91 Å². The molecule has 2 aromatic rings. The number of aryl methyl sites for hydroxylation is 1. The first-order chi connectivity index (χ1) is 5.68. The molecular weight excluding hydrogens is 154 g/mol. The van der Waals surface area contributed by atoms with Crippen LogP contribution in [0.4, 0.5) is 0 Å². The fourth-order valence-electron chi connectivity index (χ4n) is 1.27. The van der Waals surface area contributed by atoms with Crippen molar-refractivity contribution in [3.63, 3.8) is 0 Å². The van der Waals surface area contributed by atoms with Gasteiger partial charge < -0.3 is 0 Å². The lowest BCUT2D eigenvalue weighted by Crippen LogP contribution is -2.02. The van der Waals surface area contributed by atoms with Crippen LogP contribution in [0.3, 0.4) is 0 Å². The van der Waals surface area contributed by atoms with Gasteiger partial charge in [-0.05, 0) is 6.92 Å². The smallest absolute Gasteiger partial charge is 0.229 e. The van der Waals surface area contributed by atoms with Crippen molar-refractivity contribution < 1.29 is 4.79 Å². The molecule has 0 aromatic carbocycles. The molecule has 0 aliphatic rings. The summed E-state index contributed by atoms with van der Waals surface area (Å²) >= 11 is 0. The Labute approximate surface area is 69.4 Å². The van der Waals surface area contributed by atoms with Gasteiger partial charge in [0.15, 0.2) is 0 Å². The maximum Gasteiger partial charge on any atom is 0.229 e. The second kappa shape index (κ2) is 2.20. The van der Waals surface area contributed by atoms with E-state index in [1.165, 1.54) is 6.92 Å². The van der Waals surface area contributed by atoms with Crippen LogP contribution in [0.1, 0.15) is 17.4 Å². The van der Waals surface area contributed by atoms with Crippen LogP contribution in [0.15, 0.2) is 18.5 Å². The number of nitrogens with zero attached hydrogens (tertiary/aromatic N) is 3. The quantitative estimate of drug-likeness (QED) is 0.583. The highest BCUT2D eigenvalue weighted by molar-refractivity contribution is 5.80. The third-order valence-electron chi connectivity index (χ3n) is 1.78. The third-order valence-corrected chi connectivity index (χ3v) is 1.78. The van der Waals surface area contributed by atoms with Crippen LogP contribution in [-0.4, -0.2) is 20.1 Å². The van der Waals surface area contributed by atoms with E-state index in [1.807, 2.05) is 13.0 Å². The van der Waals surface area contributed by atoms with E-state index in [4.69, 9.17) is 0 Å². The standard InChI is InChI=1S/C8H9N3O/c1-6-5-8-10(7(2)12)3-4-11(8)9-6/h3-5H,1-2H3. The van der Waals surface area contributed by atoms with Crippen LogP contribution in [0.2, 0.25) is 0 Å². The zero-order valence-corrected chi connectivity index (χ0v) is 6.98. The zero-order chi connectivity index (χ0) is 8.72. The van der Waals surface area contributed by atoms with Gasteiger partial charge in [-0.25, -0.2) is 4.52 Å². The maximum absolute atomic E-state index is 11.1. The fourth-order valence-corrected chi connectivity index (χ4v) is 1.27. The van der Waals surface area contributed by atoms with E-state index in [0.717, 1.165) is 11.3 Å². The van der Waals surface area contributed by atoms with Crippen molar-refractivity contribution in [2.24, 2.45) is 0 Å². The number of aromatic nitrogens is 3. The molecule has 0 bridgehead atoms. The predicted octanol–water partition coefficient (Wildman–Crippen LogP) is 1.10. The predicted molar refractivity (Wildman–Crippen MR) is 44.2 cm³/mol. The first-order valence-corrected chi connectivity index (χ1v) is 3.73. The van der Waals surface area contributed by atoms with Gasteiger partial charge in [0, 0.05) is 25.4 Å². The SMILES string of the molecule is CC(=O)n1ccn2nc(C)cc12. The Morgan fingerprint density at radius 3 is 2.92 bits per heavy atom. The average Bonchev–Trinajstić information content (AvgIpc) is 2.43. The molecule has 0 N–H and O–H groups in total. The molecule has 0 aliphatic heterocycles. The van der Waals surface area contributed by atoms with Gasteiger partial charge in [0.25, 0.3) is 0 Å². The topological polar surface area (TPSA) is 39.3 Å². The summed E-state index contributed by atoms with van der Waals surface area (Å²) in [4.78, 5) is 11.1. The summed E-state index contributed by atoms with van der Waals surface area (Å²) in [6, 6.07) is 1.88. The number of rotatable bonds is 0. The van der Waals surface area contributed by atoms with Gasteiger partial charge in [-0.3, -0.25) is 9.36 Å². The summed E-state index contributed by atoms with van der Waals surface area (Å²) in [5.41, 5.74) is 1.74. The van der Waals surface area contributed by atoms with Crippen LogP contribution in [0.5, 0.6) is 0 Å². The number of carbonyl (C=O) groups is 1. The van der Waals surface area contributed by atoms with E-state index >= 15 is 0 Å². The van der Waals surface area contributed by atoms with Gasteiger partial charge in [-0.1, -0.05) is 0 Å². The minimum atomic E-state index is 0.00454. The van der Waals surface area contributed by atoms with E-state index < -0.39 is 0 Å². The van der Waals surface area contributed by atoms with Crippen LogP contribution in [0, 0.1) is 6.92 Å². The molecule has 62 valence electrons. The van der Waals surface area contributed by atoms with Crippen molar-refractivity contribution in [2.75, 3.05) is 0 Å². The van der Waals surface area contributed by atoms with Gasteiger partial charge in [0.1, 0.15) is 5.65 Å². The minimum Gasteiger partial charge on any atom is -0.274 e. The molecule has 0 aliphatic carbocycles. The van der Waals surface area contributed by atoms with Crippen molar-refractivity contribution in [2.45, 2.75) is 13.8 Å². The molecule has 2 aromatic heterocycles. The summed E-state index contributed by atoms with van der Waals surface area (Å²) in [6.45, 7) is 3.43. The van der Waals surface area contributed by atoms with E-state index in [0.29, 0.717) is 0 Å². The van der Waals surface area contributed by atoms with Gasteiger partial charge in [0.05, 0.1) is 5.69 Å². The molecule has 4 heteroatoms. The molecule has 4 nitrogen and oxygen atoms in total. The minimum absolute atomic E-state index is 0.00454. The summed E-state index contributed by atoms with van der Waals surface area (Å²) in [5, 5.41) is 4.16. The molecule has 0 radical (unpaired) electrons. The highest BCUT2D eigenvalue weighted by Crippen LogP contribution is 2.06. The monoisotopic (exact) mass is 163 g/mol. The van der Waals surface area contributed by atoms with Gasteiger partial charge in [0.2, 0.25) is 5.91 Å². The normalized spacial score (nSPS) is 10.8. The van der Waals surface area contributed by atoms with E-state index in [1.54, 1.807) is 21.5 Å². The lowest BCUT2D eigenvalue weighted by Gasteiger charge is -1.92. The summed E-state index contributed by atoms with van der Waals surface area (Å²) in [7, 11) is 0. The van der Waals surface area contributed by atoms with Crippen molar-refractivity contribution in [1.82, 2.24) is 14.2 Å². The average molecular weight is 163 g/mol. The lowest BCUT2D eigenvalue weighted by molar-refractivity contribution is 0.0941. The second-order valence-electron chi connectivity index (χ2n) is 2.78. The first kappa shape index (κ1) is 7.09. The van der Waals surface area contributed by atoms with Crippen molar-refractivity contribution in [1.29, 1.82) is 0 Å². The molecule has 2 rings (SSSR count). The Balaban J connectivity index is 2.76. The van der Waals surface area contributed by atoms with Crippen LogP contribution < -0.4 is 0 Å². The lowest BCUT2D eigenvalue weighted by atomic mass is 10.5. The first-order valence-electron chi connectivity index (χ1n) is 3.73. The number of hydrogen-bond donors (Lipinski definition) is 0. The van der Waals surface area contributed by atoms with Crippen LogP contribution in [-0.2, 0) is 0 Å². The molecular formula is C8H9N3O. The third kappa shape index (κ3) is 0.845. The van der Waals surface area contributed by atoms with Gasteiger partial charge >= 0.3 is 0 Å². The molecule has 2 heterocycles. The second-order valence-corrected chi connectivity index (χ2v) is 2.78. The molecule has 0 saturated carbocycles. The molecule has 12 heavy (non-hydrogen) atoms. The molecule has 0 saturated heterocycles. The molecule has 0 fully saturated rings. The fraction of sp³-hybridized carbons (Fsp3) is 0.250. The summed E-state index contributed by atoms with van der Waals surface area (Å²) in [6.07, 6.45) is 3.48. The summed E-state index contributed by atoms with van der Waals surface area (Å²) < 4.78 is 3.26. The number of carbonyl (C=O) groups excluding carboxylic acids is 1. The van der Waals surface area contributed by atoms with Crippen molar-refractivity contribution >= 4 is 11.6 Å². The molecule has 0 atom stereocenters. The number of hydrogen-bond acceptors (Lipinski definition) is 2. The van der Waals surface area contributed by atoms with Crippen LogP contribution in [0.25, 0.3) is 5.65 Å². The Morgan fingerprint density at radius 2 is 2.25 bits per heavy atom. The Bertz CT molecular complexity index is 438. The van der Waals surface area contributed by atoms with Gasteiger partial charge in [-0.2, -0.15) is 5.10 Å². The van der Waals surface area contributed by atoms with E-state index in [2.05, 4.69) is 5.10 Å². The Hall–Kier alpha value is -1.58. The highest BCUT2D eigenvalue weighted by Gasteiger charge is 2.05. The molecule has 0 unspecified atom stereocenters. The molecule has 0 amide bonds. The summed E-state index contributed by atoms with van der Waals surface area (Å²) in [5.74, 6) is 0.00454. The van der Waals surface area contributed by atoms with Gasteiger partial charge in [-0.15, -0.1) is 0 Å². The zero-order valence-electron chi connectivity index (χ0n) is 6.98. The van der Waals surface area contributed by atoms with Crippen molar-refractivity contribution in [3.05, 3.63) is 24.2 Å².